The van der Waals surface area contributed by atoms with Gasteiger partial charge in [-0.05, 0) is 12.5 Å². The Morgan fingerprint density at radius 3 is 2.63 bits per heavy atom. The molecule has 0 unspecified atom stereocenters. The molecule has 0 aliphatic rings. The summed E-state index contributed by atoms with van der Waals surface area (Å²) >= 11 is 1.02. The van der Waals surface area contributed by atoms with E-state index in [9.17, 15) is 18.0 Å². The molecule has 0 atom stereocenters. The van der Waals surface area contributed by atoms with Crippen molar-refractivity contribution in [2.45, 2.75) is 18.5 Å². The second kappa shape index (κ2) is 4.42. The molecular weight excluding hydrogens is 292 g/mol. The van der Waals surface area contributed by atoms with Crippen molar-refractivity contribution in [3.8, 4) is 0 Å². The highest BCUT2D eigenvalue weighted by molar-refractivity contribution is 7.90. The molecule has 0 radical (unpaired) electrons. The number of aryl methyl sites for hydroxylation is 1. The summed E-state index contributed by atoms with van der Waals surface area (Å²) in [6.45, 7) is 1.62. The number of H-pyrrole nitrogens is 1. The van der Waals surface area contributed by atoms with Crippen LogP contribution in [0, 0.1) is 6.92 Å². The van der Waals surface area contributed by atoms with Crippen LogP contribution in [0.3, 0.4) is 0 Å². The molecule has 2 aromatic heterocycles. The molecule has 0 spiro atoms. The molecule has 2 N–H and O–H groups in total. The molecule has 0 fully saturated rings. The van der Waals surface area contributed by atoms with E-state index in [1.54, 1.807) is 6.92 Å². The fourth-order valence-electron chi connectivity index (χ4n) is 1.65. The first-order valence-electron chi connectivity index (χ1n) is 5.14. The van der Waals surface area contributed by atoms with Crippen LogP contribution in [0.25, 0.3) is 10.2 Å². The van der Waals surface area contributed by atoms with Crippen LogP contribution in [0.2, 0.25) is 0 Å². The Bertz CT molecular complexity index is 831. The van der Waals surface area contributed by atoms with E-state index in [-0.39, 0.29) is 16.6 Å². The van der Waals surface area contributed by atoms with Gasteiger partial charge in [0.15, 0.2) is 0 Å². The third-order valence-corrected chi connectivity index (χ3v) is 4.62. The largest absolute Gasteiger partial charge is 0.481 e. The summed E-state index contributed by atoms with van der Waals surface area (Å²) in [6, 6.07) is 0. The van der Waals surface area contributed by atoms with Crippen LogP contribution in [0.5, 0.6) is 0 Å². The van der Waals surface area contributed by atoms with Crippen molar-refractivity contribution < 1.29 is 18.3 Å². The van der Waals surface area contributed by atoms with Gasteiger partial charge in [-0.15, -0.1) is 11.3 Å². The van der Waals surface area contributed by atoms with Crippen molar-refractivity contribution in [2.75, 3.05) is 6.26 Å². The number of nitrogens with one attached hydrogen (secondary N) is 1. The van der Waals surface area contributed by atoms with Crippen molar-refractivity contribution in [1.82, 2.24) is 9.97 Å². The quantitative estimate of drug-likeness (QED) is 0.789. The molecule has 0 aromatic carbocycles. The fraction of sp³-hybridized carbons (Fsp3) is 0.300. The maximum Gasteiger partial charge on any atom is 0.308 e. The lowest BCUT2D eigenvalue weighted by Crippen LogP contribution is -2.14. The summed E-state index contributed by atoms with van der Waals surface area (Å²) in [5, 5.41) is 8.61. The maximum atomic E-state index is 11.9. The van der Waals surface area contributed by atoms with E-state index in [0.29, 0.717) is 10.4 Å². The Balaban J connectivity index is 2.77. The number of carboxylic acid groups (broad SMARTS) is 1. The predicted octanol–water partition coefficient (Wildman–Crippen LogP) is 0.324. The van der Waals surface area contributed by atoms with Crippen LogP contribution < -0.4 is 5.56 Å². The molecule has 0 amide bonds. The smallest absolute Gasteiger partial charge is 0.308 e. The summed E-state index contributed by atoms with van der Waals surface area (Å²) < 4.78 is 22.8. The van der Waals surface area contributed by atoms with Crippen LogP contribution in [0.4, 0.5) is 0 Å². The van der Waals surface area contributed by atoms with Gasteiger partial charge < -0.3 is 5.11 Å². The molecule has 0 bridgehead atoms. The summed E-state index contributed by atoms with van der Waals surface area (Å²) in [5.41, 5.74) is -0.0491. The Morgan fingerprint density at radius 1 is 1.47 bits per heavy atom. The van der Waals surface area contributed by atoms with E-state index < -0.39 is 26.5 Å². The number of aliphatic carboxylic acids is 1. The summed E-state index contributed by atoms with van der Waals surface area (Å²) in [5.74, 6) is -1.02. The highest BCUT2D eigenvalue weighted by Gasteiger charge is 2.19. The molecule has 9 heteroatoms. The van der Waals surface area contributed by atoms with Crippen molar-refractivity contribution >= 4 is 37.4 Å². The number of nitrogens with zero attached hydrogens (tertiary/aromatic N) is 1. The number of thiophene rings is 1. The van der Waals surface area contributed by atoms with Gasteiger partial charge in [0.25, 0.3) is 5.56 Å². The first kappa shape index (κ1) is 13.7. The van der Waals surface area contributed by atoms with Crippen molar-refractivity contribution in [3.05, 3.63) is 20.8 Å². The van der Waals surface area contributed by atoms with Gasteiger partial charge in [-0.25, -0.2) is 13.4 Å². The third kappa shape index (κ3) is 2.51. The lowest BCUT2D eigenvalue weighted by atomic mass is 10.2. The van der Waals surface area contributed by atoms with Crippen molar-refractivity contribution in [1.29, 1.82) is 0 Å². The Labute approximate surface area is 111 Å². The van der Waals surface area contributed by atoms with Crippen molar-refractivity contribution in [3.63, 3.8) is 0 Å². The van der Waals surface area contributed by atoms with E-state index in [1.807, 2.05) is 0 Å². The number of hydrogen-bond acceptors (Lipinski definition) is 6. The standard InChI is InChI=1S/C10H10N2O5S2/c1-4-5(3-6(13)14)18-9-7(4)8(15)11-10(12-9)19(2,16)17/h3H2,1-2H3,(H,13,14)(H,11,12,15). The zero-order chi connectivity index (χ0) is 14.4. The number of sulfone groups is 1. The number of hydrogen-bond donors (Lipinski definition) is 2. The normalized spacial score (nSPS) is 11.9. The molecule has 0 aliphatic carbocycles. The molecule has 102 valence electrons. The summed E-state index contributed by atoms with van der Waals surface area (Å²) in [7, 11) is -3.62. The number of aromatic amines is 1. The van der Waals surface area contributed by atoms with Gasteiger partial charge in [-0.1, -0.05) is 0 Å². The summed E-state index contributed by atoms with van der Waals surface area (Å²) in [4.78, 5) is 29.4. The minimum atomic E-state index is -3.62. The number of rotatable bonds is 3. The molecule has 19 heavy (non-hydrogen) atoms. The van der Waals surface area contributed by atoms with Crippen LogP contribution >= 0.6 is 11.3 Å². The van der Waals surface area contributed by atoms with E-state index in [0.717, 1.165) is 17.6 Å². The van der Waals surface area contributed by atoms with Gasteiger partial charge in [0.1, 0.15) is 4.83 Å². The van der Waals surface area contributed by atoms with Crippen LogP contribution in [0.1, 0.15) is 10.4 Å². The Hall–Kier alpha value is -1.74. The molecule has 0 aliphatic heterocycles. The Morgan fingerprint density at radius 2 is 2.11 bits per heavy atom. The minimum absolute atomic E-state index is 0.222. The predicted molar refractivity (Wildman–Crippen MR) is 69.4 cm³/mol. The average Bonchev–Trinajstić information content (AvgIpc) is 2.54. The van der Waals surface area contributed by atoms with Gasteiger partial charge in [0.2, 0.25) is 15.0 Å². The molecular formula is C10H10N2O5S2. The van der Waals surface area contributed by atoms with Gasteiger partial charge in [0.05, 0.1) is 11.8 Å². The lowest BCUT2D eigenvalue weighted by Gasteiger charge is -1.97. The first-order chi connectivity index (χ1) is 8.70. The Kier molecular flexibility index (Phi) is 3.19. The molecule has 2 heterocycles. The van der Waals surface area contributed by atoms with Gasteiger partial charge in [-0.2, -0.15) is 0 Å². The SMILES string of the molecule is Cc1c(CC(=O)O)sc2nc(S(C)(=O)=O)[nH]c(=O)c12. The monoisotopic (exact) mass is 302 g/mol. The highest BCUT2D eigenvalue weighted by Crippen LogP contribution is 2.27. The second-order valence-electron chi connectivity index (χ2n) is 4.04. The zero-order valence-electron chi connectivity index (χ0n) is 10.1. The van der Waals surface area contributed by atoms with Crippen LogP contribution in [-0.4, -0.2) is 35.7 Å². The van der Waals surface area contributed by atoms with Crippen LogP contribution in [0.15, 0.2) is 9.95 Å². The topological polar surface area (TPSA) is 117 Å². The number of aromatic nitrogens is 2. The van der Waals surface area contributed by atoms with E-state index >= 15 is 0 Å². The van der Waals surface area contributed by atoms with Gasteiger partial charge in [-0.3, -0.25) is 14.6 Å². The maximum absolute atomic E-state index is 11.9. The second-order valence-corrected chi connectivity index (χ2v) is 7.06. The molecule has 0 saturated heterocycles. The van der Waals surface area contributed by atoms with Crippen molar-refractivity contribution in [2.24, 2.45) is 0 Å². The fourth-order valence-corrected chi connectivity index (χ4v) is 3.41. The third-order valence-electron chi connectivity index (χ3n) is 2.54. The number of fused-ring (bicyclic) bond motifs is 1. The van der Waals surface area contributed by atoms with Gasteiger partial charge in [0, 0.05) is 11.1 Å². The van der Waals surface area contributed by atoms with Crippen LogP contribution in [-0.2, 0) is 21.1 Å². The molecule has 0 saturated carbocycles. The van der Waals surface area contributed by atoms with E-state index in [1.165, 1.54) is 0 Å². The first-order valence-corrected chi connectivity index (χ1v) is 7.85. The zero-order valence-corrected chi connectivity index (χ0v) is 11.7. The molecule has 2 rings (SSSR count). The molecule has 7 nitrogen and oxygen atoms in total. The summed E-state index contributed by atoms with van der Waals surface area (Å²) in [6.07, 6.45) is 0.718. The average molecular weight is 302 g/mol. The minimum Gasteiger partial charge on any atom is -0.481 e. The number of carboxylic acids is 1. The molecule has 2 aromatic rings. The van der Waals surface area contributed by atoms with Gasteiger partial charge >= 0.3 is 5.97 Å². The lowest BCUT2D eigenvalue weighted by molar-refractivity contribution is -0.136. The number of carbonyl (C=O) groups is 1. The highest BCUT2D eigenvalue weighted by atomic mass is 32.2. The van der Waals surface area contributed by atoms with E-state index in [2.05, 4.69) is 9.97 Å². The van der Waals surface area contributed by atoms with E-state index in [4.69, 9.17) is 5.11 Å².